The Kier molecular flexibility index (Phi) is 3.61. The van der Waals surface area contributed by atoms with Crippen molar-refractivity contribution in [2.24, 2.45) is 0 Å². The van der Waals surface area contributed by atoms with Crippen LogP contribution in [0.3, 0.4) is 0 Å². The highest BCUT2D eigenvalue weighted by atomic mass is 19.3. The third-order valence-corrected chi connectivity index (χ3v) is 0.891. The van der Waals surface area contributed by atoms with Crippen molar-refractivity contribution >= 4 is 5.97 Å². The van der Waals surface area contributed by atoms with Crippen molar-refractivity contribution in [2.45, 2.75) is 13.3 Å². The molecular formula is C6H8F2O2. The molecule has 0 atom stereocenters. The summed E-state index contributed by atoms with van der Waals surface area (Å²) in [6.07, 6.45) is -1.82. The molecule has 0 amide bonds. The van der Waals surface area contributed by atoms with E-state index in [0.29, 0.717) is 0 Å². The Labute approximate surface area is 57.5 Å². The van der Waals surface area contributed by atoms with Gasteiger partial charge in [0, 0.05) is 6.08 Å². The summed E-state index contributed by atoms with van der Waals surface area (Å²) < 4.78 is 27.4. The highest BCUT2D eigenvalue weighted by Gasteiger charge is 2.06. The van der Waals surface area contributed by atoms with Crippen molar-refractivity contribution in [3.05, 3.63) is 11.6 Å². The van der Waals surface area contributed by atoms with Crippen LogP contribution in [0.1, 0.15) is 6.92 Å². The number of esters is 1. The molecule has 0 aromatic rings. The molecule has 0 aromatic heterocycles. The minimum absolute atomic E-state index is 0.285. The van der Waals surface area contributed by atoms with E-state index in [4.69, 9.17) is 0 Å². The molecule has 0 fully saturated rings. The first kappa shape index (κ1) is 9.07. The monoisotopic (exact) mass is 150 g/mol. The number of halogens is 2. The summed E-state index contributed by atoms with van der Waals surface area (Å²) in [4.78, 5) is 10.3. The molecule has 0 aromatic carbocycles. The minimum Gasteiger partial charge on any atom is -0.466 e. The maximum absolute atomic E-state index is 11.6. The molecule has 0 rings (SSSR count). The minimum atomic E-state index is -2.58. The van der Waals surface area contributed by atoms with Gasteiger partial charge < -0.3 is 4.74 Å². The van der Waals surface area contributed by atoms with E-state index >= 15 is 0 Å². The predicted molar refractivity (Wildman–Crippen MR) is 31.8 cm³/mol. The molecule has 4 heteroatoms. The highest BCUT2D eigenvalue weighted by Crippen LogP contribution is 2.06. The molecule has 0 aliphatic heterocycles. The smallest absolute Gasteiger partial charge is 0.330 e. The standard InChI is InChI=1S/C6H8F2O2/c1-4(6(7)8)3-5(9)10-2/h3,6H,1-2H3/b4-3+. The van der Waals surface area contributed by atoms with Gasteiger partial charge in [0.25, 0.3) is 6.43 Å². The fraction of sp³-hybridized carbons (Fsp3) is 0.500. The third kappa shape index (κ3) is 3.17. The number of carbonyl (C=O) groups is 1. The van der Waals surface area contributed by atoms with E-state index in [-0.39, 0.29) is 5.57 Å². The van der Waals surface area contributed by atoms with Gasteiger partial charge in [0.2, 0.25) is 0 Å². The van der Waals surface area contributed by atoms with Crippen LogP contribution in [-0.4, -0.2) is 19.5 Å². The quantitative estimate of drug-likeness (QED) is 0.439. The zero-order chi connectivity index (χ0) is 8.15. The van der Waals surface area contributed by atoms with Crippen molar-refractivity contribution < 1.29 is 18.3 Å². The number of carbonyl (C=O) groups excluding carboxylic acids is 1. The second kappa shape index (κ2) is 3.98. The molecule has 0 aliphatic rings. The van der Waals surface area contributed by atoms with Crippen LogP contribution in [0.25, 0.3) is 0 Å². The lowest BCUT2D eigenvalue weighted by Gasteiger charge is -1.96. The number of ether oxygens (including phenoxy) is 1. The summed E-state index contributed by atoms with van der Waals surface area (Å²) in [5.41, 5.74) is -0.285. The molecule has 0 heterocycles. The molecule has 2 nitrogen and oxygen atoms in total. The maximum Gasteiger partial charge on any atom is 0.330 e. The Morgan fingerprint density at radius 1 is 1.60 bits per heavy atom. The topological polar surface area (TPSA) is 26.3 Å². The maximum atomic E-state index is 11.6. The molecule has 0 N–H and O–H groups in total. The normalized spacial score (nSPS) is 11.9. The van der Waals surface area contributed by atoms with Gasteiger partial charge >= 0.3 is 5.97 Å². The molecule has 0 aliphatic carbocycles. The zero-order valence-electron chi connectivity index (χ0n) is 5.73. The first-order valence-corrected chi connectivity index (χ1v) is 2.62. The van der Waals surface area contributed by atoms with Crippen molar-refractivity contribution in [3.63, 3.8) is 0 Å². The van der Waals surface area contributed by atoms with E-state index in [2.05, 4.69) is 4.74 Å². The van der Waals surface area contributed by atoms with Crippen LogP contribution in [0, 0.1) is 0 Å². The van der Waals surface area contributed by atoms with Crippen molar-refractivity contribution in [1.82, 2.24) is 0 Å². The van der Waals surface area contributed by atoms with Gasteiger partial charge in [-0.3, -0.25) is 0 Å². The second-order valence-corrected chi connectivity index (χ2v) is 1.71. The van der Waals surface area contributed by atoms with Gasteiger partial charge in [0.15, 0.2) is 0 Å². The van der Waals surface area contributed by atoms with Gasteiger partial charge in [-0.2, -0.15) is 0 Å². The molecule has 0 saturated heterocycles. The van der Waals surface area contributed by atoms with E-state index in [0.717, 1.165) is 13.2 Å². The van der Waals surface area contributed by atoms with E-state index in [1.165, 1.54) is 6.92 Å². The van der Waals surface area contributed by atoms with Gasteiger partial charge in [-0.05, 0) is 12.5 Å². The van der Waals surface area contributed by atoms with Crippen LogP contribution in [0.2, 0.25) is 0 Å². The van der Waals surface area contributed by atoms with E-state index in [9.17, 15) is 13.6 Å². The molecule has 0 spiro atoms. The van der Waals surface area contributed by atoms with Gasteiger partial charge in [-0.15, -0.1) is 0 Å². The highest BCUT2D eigenvalue weighted by molar-refractivity contribution is 5.82. The average molecular weight is 150 g/mol. The lowest BCUT2D eigenvalue weighted by molar-refractivity contribution is -0.135. The Hall–Kier alpha value is -0.930. The summed E-state index contributed by atoms with van der Waals surface area (Å²) >= 11 is 0. The van der Waals surface area contributed by atoms with Gasteiger partial charge in [-0.1, -0.05) is 0 Å². The SMILES string of the molecule is COC(=O)/C=C(\C)C(F)F. The number of rotatable bonds is 2. The number of hydrogen-bond acceptors (Lipinski definition) is 2. The Balaban J connectivity index is 4.03. The van der Waals surface area contributed by atoms with Crippen molar-refractivity contribution in [3.8, 4) is 0 Å². The Morgan fingerprint density at radius 2 is 2.10 bits per heavy atom. The molecule has 0 unspecified atom stereocenters. The van der Waals surface area contributed by atoms with Crippen molar-refractivity contribution in [1.29, 1.82) is 0 Å². The zero-order valence-corrected chi connectivity index (χ0v) is 5.73. The van der Waals surface area contributed by atoms with Crippen molar-refractivity contribution in [2.75, 3.05) is 7.11 Å². The Bertz CT molecular complexity index is 152. The summed E-state index contributed by atoms with van der Waals surface area (Å²) in [6, 6.07) is 0. The van der Waals surface area contributed by atoms with Crippen LogP contribution in [0.5, 0.6) is 0 Å². The van der Waals surface area contributed by atoms with E-state index < -0.39 is 12.4 Å². The number of methoxy groups -OCH3 is 1. The number of allylic oxidation sites excluding steroid dienone is 1. The number of hydrogen-bond donors (Lipinski definition) is 0. The molecule has 58 valence electrons. The largest absolute Gasteiger partial charge is 0.466 e. The summed E-state index contributed by atoms with van der Waals surface area (Å²) in [6.45, 7) is 1.17. The summed E-state index contributed by atoms with van der Waals surface area (Å²) in [7, 11) is 1.14. The third-order valence-electron chi connectivity index (χ3n) is 0.891. The van der Waals surface area contributed by atoms with Crippen LogP contribution in [0.15, 0.2) is 11.6 Å². The van der Waals surface area contributed by atoms with Gasteiger partial charge in [0.05, 0.1) is 7.11 Å². The van der Waals surface area contributed by atoms with E-state index in [1.807, 2.05) is 0 Å². The fourth-order valence-corrected chi connectivity index (χ4v) is 0.308. The first-order chi connectivity index (χ1) is 4.57. The summed E-state index contributed by atoms with van der Waals surface area (Å²) in [5.74, 6) is -0.752. The van der Waals surface area contributed by atoms with E-state index in [1.54, 1.807) is 0 Å². The second-order valence-electron chi connectivity index (χ2n) is 1.71. The average Bonchev–Trinajstić information content (AvgIpc) is 1.87. The van der Waals surface area contributed by atoms with Crippen LogP contribution < -0.4 is 0 Å². The first-order valence-electron chi connectivity index (χ1n) is 2.62. The Morgan fingerprint density at radius 3 is 2.40 bits per heavy atom. The van der Waals surface area contributed by atoms with Crippen LogP contribution >= 0.6 is 0 Å². The number of alkyl halides is 2. The van der Waals surface area contributed by atoms with Crippen LogP contribution in [-0.2, 0) is 9.53 Å². The van der Waals surface area contributed by atoms with Crippen LogP contribution in [0.4, 0.5) is 8.78 Å². The van der Waals surface area contributed by atoms with Gasteiger partial charge in [0.1, 0.15) is 0 Å². The molecule has 0 radical (unpaired) electrons. The predicted octanol–water partition coefficient (Wildman–Crippen LogP) is 1.37. The lowest BCUT2D eigenvalue weighted by atomic mass is 10.3. The molecule has 10 heavy (non-hydrogen) atoms. The molecule has 0 saturated carbocycles. The summed E-state index contributed by atoms with van der Waals surface area (Å²) in [5, 5.41) is 0. The molecule has 0 bridgehead atoms. The lowest BCUT2D eigenvalue weighted by Crippen LogP contribution is -2.00. The fourth-order valence-electron chi connectivity index (χ4n) is 0.308. The molecular weight excluding hydrogens is 142 g/mol. The van der Waals surface area contributed by atoms with Gasteiger partial charge in [-0.25, -0.2) is 13.6 Å².